The number of thioether (sulfide) groups is 1. The van der Waals surface area contributed by atoms with Crippen LogP contribution in [-0.4, -0.2) is 24.4 Å². The van der Waals surface area contributed by atoms with Gasteiger partial charge in [0.25, 0.3) is 0 Å². The third-order valence-electron chi connectivity index (χ3n) is 1.83. The first-order chi connectivity index (χ1) is 8.52. The van der Waals surface area contributed by atoms with E-state index in [2.05, 4.69) is 26.0 Å². The second-order valence-corrected chi connectivity index (χ2v) is 5.12. The normalized spacial score (nSPS) is 9.89. The Morgan fingerprint density at radius 1 is 1.50 bits per heavy atom. The van der Waals surface area contributed by atoms with Crippen molar-refractivity contribution in [2.45, 2.75) is 11.8 Å². The Labute approximate surface area is 118 Å². The van der Waals surface area contributed by atoms with E-state index in [-0.39, 0.29) is 12.4 Å². The maximum atomic E-state index is 11.4. The van der Waals surface area contributed by atoms with E-state index in [9.17, 15) is 9.59 Å². The van der Waals surface area contributed by atoms with E-state index in [1.165, 1.54) is 11.8 Å². The number of nitrogens with two attached hydrogens (primary N) is 1. The molecule has 0 spiro atoms. The van der Waals surface area contributed by atoms with Gasteiger partial charge in [-0.05, 0) is 41.1 Å². The number of hydrogen-bond acceptors (Lipinski definition) is 5. The Morgan fingerprint density at radius 3 is 2.83 bits per heavy atom. The van der Waals surface area contributed by atoms with Crippen LogP contribution in [0.15, 0.2) is 27.6 Å². The lowest BCUT2D eigenvalue weighted by Crippen LogP contribution is -2.32. The van der Waals surface area contributed by atoms with Crippen LogP contribution < -0.4 is 11.1 Å². The number of alkyl carbamates (subject to hydrolysis) is 1. The zero-order chi connectivity index (χ0) is 13.5. The van der Waals surface area contributed by atoms with Gasteiger partial charge in [0, 0.05) is 15.1 Å². The van der Waals surface area contributed by atoms with Crippen molar-refractivity contribution < 1.29 is 14.3 Å². The first kappa shape index (κ1) is 14.8. The SMILES string of the molecule is CCOC(=O)NC(=O)CSc1ccc(N)cc1Br. The molecule has 1 rings (SSSR count). The summed E-state index contributed by atoms with van der Waals surface area (Å²) in [5.74, 6) is -0.274. The zero-order valence-corrected chi connectivity index (χ0v) is 12.1. The molecular formula is C11H13BrN2O3S. The van der Waals surface area contributed by atoms with Gasteiger partial charge in [0.2, 0.25) is 5.91 Å². The molecule has 1 aromatic carbocycles. The van der Waals surface area contributed by atoms with Crippen LogP contribution in [0.2, 0.25) is 0 Å². The lowest BCUT2D eigenvalue weighted by molar-refractivity contribution is -0.117. The van der Waals surface area contributed by atoms with Gasteiger partial charge in [-0.25, -0.2) is 4.79 Å². The van der Waals surface area contributed by atoms with Crippen molar-refractivity contribution in [3.8, 4) is 0 Å². The number of carbonyl (C=O) groups excluding carboxylic acids is 2. The Kier molecular flexibility index (Phi) is 6.00. The molecule has 0 bridgehead atoms. The third-order valence-corrected chi connectivity index (χ3v) is 3.82. The van der Waals surface area contributed by atoms with Crippen LogP contribution in [0.5, 0.6) is 0 Å². The molecule has 0 saturated carbocycles. The van der Waals surface area contributed by atoms with Crippen LogP contribution in [0.3, 0.4) is 0 Å². The Bertz CT molecular complexity index is 454. The van der Waals surface area contributed by atoms with Crippen LogP contribution >= 0.6 is 27.7 Å². The molecule has 7 heteroatoms. The highest BCUT2D eigenvalue weighted by molar-refractivity contribution is 9.10. The molecule has 18 heavy (non-hydrogen) atoms. The largest absolute Gasteiger partial charge is 0.450 e. The van der Waals surface area contributed by atoms with Crippen LogP contribution in [0.25, 0.3) is 0 Å². The van der Waals surface area contributed by atoms with Crippen molar-refractivity contribution in [3.05, 3.63) is 22.7 Å². The van der Waals surface area contributed by atoms with Crippen molar-refractivity contribution in [2.24, 2.45) is 0 Å². The van der Waals surface area contributed by atoms with Gasteiger partial charge in [0.15, 0.2) is 0 Å². The number of benzene rings is 1. The van der Waals surface area contributed by atoms with Gasteiger partial charge in [-0.1, -0.05) is 0 Å². The van der Waals surface area contributed by atoms with E-state index in [1.54, 1.807) is 19.1 Å². The maximum absolute atomic E-state index is 11.4. The Morgan fingerprint density at radius 2 is 2.22 bits per heavy atom. The fourth-order valence-electron chi connectivity index (χ4n) is 1.09. The van der Waals surface area contributed by atoms with Crippen LogP contribution in [0, 0.1) is 0 Å². The molecule has 0 heterocycles. The Hall–Kier alpha value is -1.21. The fraction of sp³-hybridized carbons (Fsp3) is 0.273. The summed E-state index contributed by atoms with van der Waals surface area (Å²) in [6, 6.07) is 5.31. The first-order valence-electron chi connectivity index (χ1n) is 5.17. The lowest BCUT2D eigenvalue weighted by Gasteiger charge is -2.06. The first-order valence-corrected chi connectivity index (χ1v) is 6.95. The minimum Gasteiger partial charge on any atom is -0.450 e. The second kappa shape index (κ2) is 7.27. The van der Waals surface area contributed by atoms with Crippen LogP contribution in [0.1, 0.15) is 6.92 Å². The Balaban J connectivity index is 2.45. The second-order valence-electron chi connectivity index (χ2n) is 3.25. The highest BCUT2D eigenvalue weighted by atomic mass is 79.9. The van der Waals surface area contributed by atoms with E-state index < -0.39 is 12.0 Å². The minimum absolute atomic E-state index is 0.126. The summed E-state index contributed by atoms with van der Waals surface area (Å²) < 4.78 is 5.41. The number of rotatable bonds is 4. The maximum Gasteiger partial charge on any atom is 0.413 e. The molecule has 2 amide bonds. The van der Waals surface area contributed by atoms with E-state index in [0.29, 0.717) is 5.69 Å². The number of nitrogen functional groups attached to an aromatic ring is 1. The molecule has 0 fully saturated rings. The van der Waals surface area contributed by atoms with Gasteiger partial charge in [-0.15, -0.1) is 11.8 Å². The van der Waals surface area contributed by atoms with E-state index >= 15 is 0 Å². The van der Waals surface area contributed by atoms with Crippen LogP contribution in [-0.2, 0) is 9.53 Å². The van der Waals surface area contributed by atoms with E-state index in [0.717, 1.165) is 9.37 Å². The van der Waals surface area contributed by atoms with E-state index in [1.807, 2.05) is 6.07 Å². The summed E-state index contributed by atoms with van der Waals surface area (Å²) in [7, 11) is 0. The number of halogens is 1. The summed E-state index contributed by atoms with van der Waals surface area (Å²) in [6.45, 7) is 1.90. The molecule has 1 aromatic rings. The molecular weight excluding hydrogens is 320 g/mol. The van der Waals surface area contributed by atoms with Crippen molar-refractivity contribution in [1.29, 1.82) is 0 Å². The predicted octanol–water partition coefficient (Wildman–Crippen LogP) is 2.40. The van der Waals surface area contributed by atoms with Gasteiger partial charge in [-0.2, -0.15) is 0 Å². The molecule has 5 nitrogen and oxygen atoms in total. The molecule has 0 aliphatic heterocycles. The van der Waals surface area contributed by atoms with Crippen molar-refractivity contribution in [1.82, 2.24) is 5.32 Å². The number of imide groups is 1. The predicted molar refractivity (Wildman–Crippen MR) is 74.4 cm³/mol. The average Bonchev–Trinajstić information content (AvgIpc) is 2.28. The van der Waals surface area contributed by atoms with Crippen LogP contribution in [0.4, 0.5) is 10.5 Å². The van der Waals surface area contributed by atoms with Gasteiger partial charge in [-0.3, -0.25) is 10.1 Å². The molecule has 0 aromatic heterocycles. The highest BCUT2D eigenvalue weighted by Gasteiger charge is 2.09. The molecule has 98 valence electrons. The number of ether oxygens (including phenoxy) is 1. The number of hydrogen-bond donors (Lipinski definition) is 2. The highest BCUT2D eigenvalue weighted by Crippen LogP contribution is 2.28. The summed E-state index contributed by atoms with van der Waals surface area (Å²) in [5, 5.41) is 2.12. The van der Waals surface area contributed by atoms with Gasteiger partial charge < -0.3 is 10.5 Å². The van der Waals surface area contributed by atoms with Gasteiger partial charge >= 0.3 is 6.09 Å². The zero-order valence-electron chi connectivity index (χ0n) is 9.73. The number of carbonyl (C=O) groups is 2. The molecule has 0 atom stereocenters. The smallest absolute Gasteiger partial charge is 0.413 e. The minimum atomic E-state index is -0.723. The quantitative estimate of drug-likeness (QED) is 0.653. The van der Waals surface area contributed by atoms with Gasteiger partial charge in [0.1, 0.15) is 0 Å². The number of anilines is 1. The standard InChI is InChI=1S/C11H13BrN2O3S/c1-2-17-11(16)14-10(15)6-18-9-4-3-7(13)5-8(9)12/h3-5H,2,6,13H2,1H3,(H,14,15,16). The topological polar surface area (TPSA) is 81.4 Å². The molecule has 0 unspecified atom stereocenters. The number of amides is 2. The molecule has 0 aliphatic rings. The molecule has 0 saturated heterocycles. The summed E-state index contributed by atoms with van der Waals surface area (Å²) in [6.07, 6.45) is -0.723. The summed E-state index contributed by atoms with van der Waals surface area (Å²) in [5.41, 5.74) is 6.24. The van der Waals surface area contributed by atoms with E-state index in [4.69, 9.17) is 5.73 Å². The molecule has 0 aliphatic carbocycles. The third kappa shape index (κ3) is 4.97. The molecule has 0 radical (unpaired) electrons. The monoisotopic (exact) mass is 332 g/mol. The van der Waals surface area contributed by atoms with Crippen molar-refractivity contribution in [2.75, 3.05) is 18.1 Å². The molecule has 3 N–H and O–H groups in total. The fourth-order valence-corrected chi connectivity index (χ4v) is 2.55. The van der Waals surface area contributed by atoms with Crippen molar-refractivity contribution >= 4 is 45.4 Å². The average molecular weight is 333 g/mol. The summed E-state index contributed by atoms with van der Waals surface area (Å²) >= 11 is 4.65. The lowest BCUT2D eigenvalue weighted by atomic mass is 10.3. The summed E-state index contributed by atoms with van der Waals surface area (Å²) in [4.78, 5) is 23.3. The van der Waals surface area contributed by atoms with Crippen molar-refractivity contribution in [3.63, 3.8) is 0 Å². The number of nitrogens with one attached hydrogen (secondary N) is 1. The van der Waals surface area contributed by atoms with Gasteiger partial charge in [0.05, 0.1) is 12.4 Å².